The summed E-state index contributed by atoms with van der Waals surface area (Å²) in [5, 5.41) is 10.1. The third kappa shape index (κ3) is 4.32. The summed E-state index contributed by atoms with van der Waals surface area (Å²) >= 11 is 0. The van der Waals surface area contributed by atoms with E-state index in [0.717, 1.165) is 53.2 Å². The quantitative estimate of drug-likeness (QED) is 0.207. The van der Waals surface area contributed by atoms with Gasteiger partial charge in [0.2, 0.25) is 5.96 Å². The number of hydrogen-bond donors (Lipinski definition) is 1. The molecule has 1 aliphatic heterocycles. The number of allylic oxidation sites excluding steroid dienone is 5. The second kappa shape index (κ2) is 11.1. The molecule has 0 spiro atoms. The largest absolute Gasteiger partial charge is 0.330 e. The van der Waals surface area contributed by atoms with Gasteiger partial charge in [-0.2, -0.15) is 4.99 Å². The van der Waals surface area contributed by atoms with Crippen molar-refractivity contribution >= 4 is 67.0 Å². The van der Waals surface area contributed by atoms with E-state index in [1.165, 1.54) is 49.4 Å². The molecule has 2 aliphatic carbocycles. The van der Waals surface area contributed by atoms with Crippen molar-refractivity contribution in [2.75, 3.05) is 0 Å². The first-order valence-corrected chi connectivity index (χ1v) is 17.3. The van der Waals surface area contributed by atoms with E-state index >= 15 is 0 Å². The Labute approximate surface area is 284 Å². The predicted octanol–water partition coefficient (Wildman–Crippen LogP) is 10.3. The standard InChI is InChI=1S/C44H35N5/c1-28-24-26-31(27-25-28)48-36-22-12-10-20-34(36)38-32-18-8-9-19-33(32)39-35-21-11-13-23-37(35)49(41(39)40(38)48)44-46-42(29-14-4-2-5-15-29)45-43(47-44)30-16-6-3-7-17-30/h2-11,13-21,23-24,26-28,42H,12,22,25H2,1H3,(H,45,46,47). The fourth-order valence-corrected chi connectivity index (χ4v) is 8.10. The molecule has 2 aromatic heterocycles. The summed E-state index contributed by atoms with van der Waals surface area (Å²) in [5.41, 5.74) is 9.56. The minimum atomic E-state index is -0.301. The van der Waals surface area contributed by atoms with Crippen LogP contribution in [0.2, 0.25) is 0 Å². The average Bonchev–Trinajstić information content (AvgIpc) is 3.70. The minimum absolute atomic E-state index is 0.301. The Bertz CT molecular complexity index is 2610. The number of aliphatic imine (C=N–C) groups is 2. The zero-order valence-electron chi connectivity index (χ0n) is 27.3. The highest BCUT2D eigenvalue weighted by Crippen LogP contribution is 2.46. The number of aromatic nitrogens is 2. The summed E-state index contributed by atoms with van der Waals surface area (Å²) < 4.78 is 4.96. The molecule has 0 radical (unpaired) electrons. The number of nitrogens with zero attached hydrogens (tertiary/aromatic N) is 4. The zero-order valence-corrected chi connectivity index (χ0v) is 27.3. The number of rotatable bonds is 3. The molecule has 3 aliphatic rings. The normalized spacial score (nSPS) is 18.8. The maximum absolute atomic E-state index is 5.36. The summed E-state index contributed by atoms with van der Waals surface area (Å²) in [6.07, 6.45) is 14.6. The molecular weight excluding hydrogens is 599 g/mol. The highest BCUT2D eigenvalue weighted by molar-refractivity contribution is 6.35. The van der Waals surface area contributed by atoms with E-state index in [1.54, 1.807) is 0 Å². The lowest BCUT2D eigenvalue weighted by molar-refractivity contribution is 0.661. The van der Waals surface area contributed by atoms with Gasteiger partial charge in [0.1, 0.15) is 6.17 Å². The van der Waals surface area contributed by atoms with Crippen LogP contribution in [0.15, 0.2) is 143 Å². The van der Waals surface area contributed by atoms with Crippen molar-refractivity contribution in [2.24, 2.45) is 15.9 Å². The molecule has 0 saturated heterocycles. The first-order valence-electron chi connectivity index (χ1n) is 17.3. The number of nitrogens with one attached hydrogen (secondary N) is 1. The van der Waals surface area contributed by atoms with Crippen molar-refractivity contribution in [3.8, 4) is 0 Å². The third-order valence-electron chi connectivity index (χ3n) is 10.3. The maximum atomic E-state index is 5.36. The Kier molecular flexibility index (Phi) is 6.35. The third-order valence-corrected chi connectivity index (χ3v) is 10.3. The Balaban J connectivity index is 1.38. The molecule has 0 fully saturated rings. The van der Waals surface area contributed by atoms with Gasteiger partial charge in [-0.15, -0.1) is 0 Å². The van der Waals surface area contributed by atoms with E-state index in [-0.39, 0.29) is 6.17 Å². The SMILES string of the molecule is CC1C=CC(n2c3c(c4c5ccccc5c5c6ccccc6n(C6=NC(c7ccccc7)=NC(c7ccccc7)N6)c5c42)C=CCC3)=CC1. The molecule has 0 amide bonds. The molecule has 2 unspecified atom stereocenters. The number of hydrogen-bond acceptors (Lipinski definition) is 3. The van der Waals surface area contributed by atoms with Crippen molar-refractivity contribution in [1.82, 2.24) is 14.5 Å². The van der Waals surface area contributed by atoms with Gasteiger partial charge >= 0.3 is 0 Å². The van der Waals surface area contributed by atoms with Crippen LogP contribution in [0.5, 0.6) is 0 Å². The van der Waals surface area contributed by atoms with Crippen LogP contribution in [0, 0.1) is 5.92 Å². The van der Waals surface area contributed by atoms with Gasteiger partial charge in [0, 0.05) is 38.7 Å². The van der Waals surface area contributed by atoms with Gasteiger partial charge in [0.05, 0.1) is 16.6 Å². The molecule has 236 valence electrons. The zero-order chi connectivity index (χ0) is 32.5. The molecule has 7 aromatic rings. The lowest BCUT2D eigenvalue weighted by atomic mass is 9.95. The topological polar surface area (TPSA) is 46.6 Å². The van der Waals surface area contributed by atoms with E-state index in [0.29, 0.717) is 5.92 Å². The monoisotopic (exact) mass is 633 g/mol. The van der Waals surface area contributed by atoms with Crippen LogP contribution in [0.4, 0.5) is 0 Å². The van der Waals surface area contributed by atoms with Gasteiger partial charge in [-0.3, -0.25) is 4.57 Å². The lowest BCUT2D eigenvalue weighted by Gasteiger charge is -2.25. The van der Waals surface area contributed by atoms with Crippen LogP contribution in [-0.2, 0) is 6.42 Å². The van der Waals surface area contributed by atoms with E-state index in [2.05, 4.69) is 155 Å². The molecule has 3 heterocycles. The van der Waals surface area contributed by atoms with Crippen molar-refractivity contribution in [3.63, 3.8) is 0 Å². The molecule has 10 rings (SSSR count). The Hall–Kier alpha value is -5.94. The first kappa shape index (κ1) is 28.1. The summed E-state index contributed by atoms with van der Waals surface area (Å²) in [5.74, 6) is 2.02. The highest BCUT2D eigenvalue weighted by Gasteiger charge is 2.30. The summed E-state index contributed by atoms with van der Waals surface area (Å²) in [7, 11) is 0. The van der Waals surface area contributed by atoms with Crippen LogP contribution in [0.25, 0.3) is 55.3 Å². The summed E-state index contributed by atoms with van der Waals surface area (Å²) in [4.78, 5) is 10.5. The number of fused-ring (bicyclic) bond motifs is 10. The second-order valence-corrected chi connectivity index (χ2v) is 13.4. The number of benzene rings is 5. The molecule has 5 nitrogen and oxygen atoms in total. The van der Waals surface area contributed by atoms with Gasteiger partial charge in [-0.25, -0.2) is 4.99 Å². The molecule has 49 heavy (non-hydrogen) atoms. The highest BCUT2D eigenvalue weighted by atomic mass is 15.3. The van der Waals surface area contributed by atoms with Gasteiger partial charge < -0.3 is 9.88 Å². The molecule has 5 aromatic carbocycles. The second-order valence-electron chi connectivity index (χ2n) is 13.4. The van der Waals surface area contributed by atoms with Gasteiger partial charge in [0.15, 0.2) is 5.84 Å². The van der Waals surface area contributed by atoms with Crippen LogP contribution < -0.4 is 5.32 Å². The van der Waals surface area contributed by atoms with Gasteiger partial charge in [0.25, 0.3) is 0 Å². The molecule has 0 bridgehead atoms. The minimum Gasteiger partial charge on any atom is -0.330 e. The Morgan fingerprint density at radius 2 is 1.41 bits per heavy atom. The van der Waals surface area contributed by atoms with Crippen molar-refractivity contribution in [2.45, 2.75) is 32.4 Å². The van der Waals surface area contributed by atoms with E-state index in [9.17, 15) is 0 Å². The van der Waals surface area contributed by atoms with Crippen LogP contribution >= 0.6 is 0 Å². The van der Waals surface area contributed by atoms with Crippen LogP contribution in [0.3, 0.4) is 0 Å². The fraction of sp³-hybridized carbons (Fsp3) is 0.136. The van der Waals surface area contributed by atoms with Crippen molar-refractivity contribution in [3.05, 3.63) is 156 Å². The fourth-order valence-electron chi connectivity index (χ4n) is 8.10. The average molecular weight is 634 g/mol. The number of para-hydroxylation sites is 1. The van der Waals surface area contributed by atoms with E-state index in [4.69, 9.17) is 9.98 Å². The van der Waals surface area contributed by atoms with Crippen LogP contribution in [0.1, 0.15) is 48.3 Å². The maximum Gasteiger partial charge on any atom is 0.212 e. The smallest absolute Gasteiger partial charge is 0.212 e. The summed E-state index contributed by atoms with van der Waals surface area (Å²) in [6, 6.07) is 38.6. The molecule has 5 heteroatoms. The van der Waals surface area contributed by atoms with E-state index in [1.807, 2.05) is 6.07 Å². The van der Waals surface area contributed by atoms with Crippen molar-refractivity contribution in [1.29, 1.82) is 0 Å². The lowest BCUT2D eigenvalue weighted by Crippen LogP contribution is -2.37. The molecule has 1 N–H and O–H groups in total. The molecule has 2 atom stereocenters. The Morgan fingerprint density at radius 1 is 0.714 bits per heavy atom. The predicted molar refractivity (Wildman–Crippen MR) is 205 cm³/mol. The van der Waals surface area contributed by atoms with Crippen LogP contribution in [-0.4, -0.2) is 20.9 Å². The van der Waals surface area contributed by atoms with Gasteiger partial charge in [-0.1, -0.05) is 134 Å². The number of amidine groups is 1. The first-order chi connectivity index (χ1) is 24.2. The van der Waals surface area contributed by atoms with Crippen molar-refractivity contribution < 1.29 is 0 Å². The van der Waals surface area contributed by atoms with E-state index < -0.39 is 0 Å². The molecule has 0 saturated carbocycles. The summed E-state index contributed by atoms with van der Waals surface area (Å²) in [6.45, 7) is 2.29. The Morgan fingerprint density at radius 3 is 2.18 bits per heavy atom. The molecular formula is C44H35N5. The van der Waals surface area contributed by atoms with Gasteiger partial charge in [-0.05, 0) is 53.7 Å².